The van der Waals surface area contributed by atoms with E-state index >= 15 is 0 Å². The molecule has 2 rings (SSSR count). The molecule has 0 spiro atoms. The summed E-state index contributed by atoms with van der Waals surface area (Å²) >= 11 is 3.42. The molecule has 0 atom stereocenters. The number of carbonyl (C=O) groups is 1. The Morgan fingerprint density at radius 3 is 2.67 bits per heavy atom. The van der Waals surface area contributed by atoms with E-state index in [1.54, 1.807) is 6.07 Å². The lowest BCUT2D eigenvalue weighted by molar-refractivity contribution is 0.0698. The van der Waals surface area contributed by atoms with Crippen LogP contribution in [0.1, 0.15) is 29.3 Å². The Balaban J connectivity index is 2.71. The fourth-order valence-electron chi connectivity index (χ4n) is 2.07. The molecule has 0 fully saturated rings. The number of nitrogen functional groups attached to an aromatic ring is 1. The molecule has 3 N–H and O–H groups in total. The summed E-state index contributed by atoms with van der Waals surface area (Å²) in [6.45, 7) is 2.13. The molecule has 0 heterocycles. The maximum atomic E-state index is 11.1. The number of aryl methyl sites for hydroxylation is 1. The van der Waals surface area contributed by atoms with Gasteiger partial charge in [0.05, 0.1) is 11.3 Å². The van der Waals surface area contributed by atoms with Crippen LogP contribution in [0.25, 0.3) is 10.8 Å². The summed E-state index contributed by atoms with van der Waals surface area (Å²) in [5.74, 6) is -1.01. The molecule has 0 unspecified atom stereocenters. The van der Waals surface area contributed by atoms with E-state index in [0.717, 1.165) is 28.1 Å². The predicted octanol–water partition coefficient (Wildman–Crippen LogP) is 3.84. The molecule has 0 saturated heterocycles. The van der Waals surface area contributed by atoms with E-state index in [-0.39, 0.29) is 5.56 Å². The fourth-order valence-corrected chi connectivity index (χ4v) is 2.63. The van der Waals surface area contributed by atoms with Crippen LogP contribution < -0.4 is 5.73 Å². The van der Waals surface area contributed by atoms with Crippen molar-refractivity contribution in [1.82, 2.24) is 0 Å². The Morgan fingerprint density at radius 1 is 1.33 bits per heavy atom. The molecule has 0 bridgehead atoms. The van der Waals surface area contributed by atoms with Gasteiger partial charge in [-0.25, -0.2) is 4.79 Å². The first kappa shape index (κ1) is 12.9. The van der Waals surface area contributed by atoms with Crippen molar-refractivity contribution in [1.29, 1.82) is 0 Å². The number of benzene rings is 2. The third kappa shape index (κ3) is 2.20. The van der Waals surface area contributed by atoms with Gasteiger partial charge in [0.1, 0.15) is 0 Å². The summed E-state index contributed by atoms with van der Waals surface area (Å²) in [6, 6.07) is 7.52. The second kappa shape index (κ2) is 4.98. The molecule has 94 valence electrons. The zero-order chi connectivity index (χ0) is 13.3. The summed E-state index contributed by atoms with van der Waals surface area (Å²) in [7, 11) is 0. The van der Waals surface area contributed by atoms with Gasteiger partial charge in [0.25, 0.3) is 0 Å². The molecule has 3 nitrogen and oxygen atoms in total. The topological polar surface area (TPSA) is 63.3 Å². The average molecular weight is 308 g/mol. The van der Waals surface area contributed by atoms with E-state index in [1.807, 2.05) is 12.1 Å². The number of carboxylic acids is 1. The number of carboxylic acid groups (broad SMARTS) is 1. The van der Waals surface area contributed by atoms with E-state index in [4.69, 9.17) is 10.8 Å². The lowest BCUT2D eigenvalue weighted by atomic mass is 10.0. The summed E-state index contributed by atoms with van der Waals surface area (Å²) < 4.78 is 0.766. The van der Waals surface area contributed by atoms with Crippen LogP contribution in [0.5, 0.6) is 0 Å². The van der Waals surface area contributed by atoms with Crippen LogP contribution in [0.2, 0.25) is 0 Å². The summed E-state index contributed by atoms with van der Waals surface area (Å²) in [6.07, 6.45) is 2.08. The zero-order valence-electron chi connectivity index (χ0n) is 10.0. The number of rotatable bonds is 3. The highest BCUT2D eigenvalue weighted by Gasteiger charge is 2.13. The van der Waals surface area contributed by atoms with Crippen molar-refractivity contribution in [3.05, 3.63) is 39.9 Å². The summed E-state index contributed by atoms with van der Waals surface area (Å²) in [5.41, 5.74) is 7.60. The molecular weight excluding hydrogens is 294 g/mol. The first-order valence-corrected chi connectivity index (χ1v) is 6.57. The largest absolute Gasteiger partial charge is 0.478 e. The second-order valence-corrected chi connectivity index (χ2v) is 5.11. The van der Waals surface area contributed by atoms with E-state index in [1.165, 1.54) is 5.56 Å². The molecule has 0 aliphatic heterocycles. The fraction of sp³-hybridized carbons (Fsp3) is 0.214. The molecule has 0 amide bonds. The van der Waals surface area contributed by atoms with Crippen LogP contribution in [0.15, 0.2) is 28.7 Å². The smallest absolute Gasteiger partial charge is 0.337 e. The number of hydrogen-bond donors (Lipinski definition) is 2. The van der Waals surface area contributed by atoms with Gasteiger partial charge in [-0.05, 0) is 29.5 Å². The maximum absolute atomic E-state index is 11.1. The van der Waals surface area contributed by atoms with Gasteiger partial charge in [0, 0.05) is 9.86 Å². The minimum atomic E-state index is -1.01. The SMILES string of the molecule is CCCc1ccc2c(N)c(C(=O)O)cc(Br)c2c1. The van der Waals surface area contributed by atoms with E-state index in [2.05, 4.69) is 28.9 Å². The number of hydrogen-bond acceptors (Lipinski definition) is 2. The van der Waals surface area contributed by atoms with Gasteiger partial charge < -0.3 is 10.8 Å². The normalized spacial score (nSPS) is 10.8. The van der Waals surface area contributed by atoms with Crippen LogP contribution in [0, 0.1) is 0 Å². The number of anilines is 1. The van der Waals surface area contributed by atoms with Gasteiger partial charge in [0.15, 0.2) is 0 Å². The molecule has 0 aliphatic rings. The summed E-state index contributed by atoms with van der Waals surface area (Å²) in [4.78, 5) is 11.1. The van der Waals surface area contributed by atoms with Gasteiger partial charge in [-0.1, -0.05) is 41.4 Å². The Bertz CT molecular complexity index is 623. The predicted molar refractivity (Wildman–Crippen MR) is 77.0 cm³/mol. The van der Waals surface area contributed by atoms with Crippen molar-refractivity contribution in [3.8, 4) is 0 Å². The van der Waals surface area contributed by atoms with Crippen molar-refractivity contribution in [2.45, 2.75) is 19.8 Å². The highest BCUT2D eigenvalue weighted by molar-refractivity contribution is 9.10. The third-order valence-electron chi connectivity index (χ3n) is 2.96. The zero-order valence-corrected chi connectivity index (χ0v) is 11.6. The lowest BCUT2D eigenvalue weighted by Crippen LogP contribution is -2.03. The van der Waals surface area contributed by atoms with E-state index in [9.17, 15) is 4.79 Å². The van der Waals surface area contributed by atoms with Gasteiger partial charge in [0.2, 0.25) is 0 Å². The van der Waals surface area contributed by atoms with Crippen LogP contribution >= 0.6 is 15.9 Å². The van der Waals surface area contributed by atoms with Gasteiger partial charge in [-0.2, -0.15) is 0 Å². The molecule has 2 aromatic rings. The molecule has 18 heavy (non-hydrogen) atoms. The standard InChI is InChI=1S/C14H14BrNO2/c1-2-3-8-4-5-9-10(6-8)12(15)7-11(13(9)16)14(17)18/h4-7H,2-3,16H2,1H3,(H,17,18). The van der Waals surface area contributed by atoms with Crippen LogP contribution in [0.3, 0.4) is 0 Å². The molecular formula is C14H14BrNO2. The van der Waals surface area contributed by atoms with E-state index < -0.39 is 5.97 Å². The number of aromatic carboxylic acids is 1. The first-order valence-electron chi connectivity index (χ1n) is 5.78. The van der Waals surface area contributed by atoms with Crippen LogP contribution in [0.4, 0.5) is 5.69 Å². The lowest BCUT2D eigenvalue weighted by Gasteiger charge is -2.10. The van der Waals surface area contributed by atoms with Crippen molar-refractivity contribution in [2.24, 2.45) is 0 Å². The first-order chi connectivity index (χ1) is 8.54. The average Bonchev–Trinajstić information content (AvgIpc) is 2.34. The van der Waals surface area contributed by atoms with Gasteiger partial charge in [-0.3, -0.25) is 0 Å². The van der Waals surface area contributed by atoms with E-state index in [0.29, 0.717) is 5.69 Å². The van der Waals surface area contributed by atoms with Crippen LogP contribution in [-0.4, -0.2) is 11.1 Å². The maximum Gasteiger partial charge on any atom is 0.337 e. The molecule has 2 aromatic carbocycles. The van der Waals surface area contributed by atoms with Crippen molar-refractivity contribution < 1.29 is 9.90 Å². The number of fused-ring (bicyclic) bond motifs is 1. The second-order valence-electron chi connectivity index (χ2n) is 4.25. The molecule has 4 heteroatoms. The molecule has 0 saturated carbocycles. The van der Waals surface area contributed by atoms with Gasteiger partial charge in [-0.15, -0.1) is 0 Å². The van der Waals surface area contributed by atoms with Crippen molar-refractivity contribution in [3.63, 3.8) is 0 Å². The summed E-state index contributed by atoms with van der Waals surface area (Å²) in [5, 5.41) is 10.8. The molecule has 0 aliphatic carbocycles. The van der Waals surface area contributed by atoms with Gasteiger partial charge >= 0.3 is 5.97 Å². The highest BCUT2D eigenvalue weighted by atomic mass is 79.9. The van der Waals surface area contributed by atoms with Crippen LogP contribution in [-0.2, 0) is 6.42 Å². The van der Waals surface area contributed by atoms with Crippen molar-refractivity contribution in [2.75, 3.05) is 5.73 Å². The number of nitrogens with two attached hydrogens (primary N) is 1. The third-order valence-corrected chi connectivity index (χ3v) is 3.62. The monoisotopic (exact) mass is 307 g/mol. The Labute approximate surface area is 114 Å². The Kier molecular flexibility index (Phi) is 3.57. The molecule has 0 radical (unpaired) electrons. The minimum Gasteiger partial charge on any atom is -0.478 e. The Hall–Kier alpha value is -1.55. The minimum absolute atomic E-state index is 0.137. The van der Waals surface area contributed by atoms with Crippen molar-refractivity contribution >= 4 is 38.4 Å². The highest BCUT2D eigenvalue weighted by Crippen LogP contribution is 2.32. The molecule has 0 aromatic heterocycles. The Morgan fingerprint density at radius 2 is 2.06 bits per heavy atom. The quantitative estimate of drug-likeness (QED) is 0.847. The number of halogens is 1.